The molecule has 2 N–H and O–H groups in total. The molecule has 0 aromatic rings. The van der Waals surface area contributed by atoms with E-state index in [0.29, 0.717) is 0 Å². The maximum Gasteiger partial charge on any atom is 0.0591 e. The van der Waals surface area contributed by atoms with Gasteiger partial charge in [-0.2, -0.15) is 0 Å². The van der Waals surface area contributed by atoms with Crippen LogP contribution in [0.1, 0.15) is 0 Å². The monoisotopic (exact) mass is 168 g/mol. The molecule has 1 fully saturated rings. The minimum absolute atomic E-state index is 0. The molecule has 4 heteroatoms. The second-order valence-electron chi connectivity index (χ2n) is 1.86. The molecule has 64 valence electrons. The topological polar surface area (TPSA) is 33.3 Å². The van der Waals surface area contributed by atoms with Crippen molar-refractivity contribution < 1.29 is 4.74 Å². The maximum atomic E-state index is 5.01. The van der Waals surface area contributed by atoms with Crippen molar-refractivity contribution in [2.24, 2.45) is 0 Å². The van der Waals surface area contributed by atoms with Gasteiger partial charge in [0.1, 0.15) is 0 Å². The van der Waals surface area contributed by atoms with E-state index in [4.69, 9.17) is 4.74 Å². The van der Waals surface area contributed by atoms with Gasteiger partial charge in [0.05, 0.1) is 13.2 Å². The lowest BCUT2D eigenvalue weighted by atomic mass is 10.5. The van der Waals surface area contributed by atoms with Crippen molar-refractivity contribution in [3.63, 3.8) is 0 Å². The van der Waals surface area contributed by atoms with Crippen LogP contribution in [0, 0.1) is 0 Å². The second kappa shape index (κ2) is 11.9. The average molecular weight is 169 g/mol. The van der Waals surface area contributed by atoms with Crippen LogP contribution in [0.5, 0.6) is 0 Å². The normalized spacial score (nSPS) is 16.2. The van der Waals surface area contributed by atoms with Crippen molar-refractivity contribution in [3.05, 3.63) is 0 Å². The first-order valence-electron chi connectivity index (χ1n) is 3.28. The zero-order valence-corrected chi connectivity index (χ0v) is 7.46. The van der Waals surface area contributed by atoms with Crippen LogP contribution in [-0.2, 0) is 4.74 Å². The van der Waals surface area contributed by atoms with E-state index in [1.165, 1.54) is 0 Å². The van der Waals surface area contributed by atoms with Crippen LogP contribution in [0.4, 0.5) is 0 Å². The lowest BCUT2D eigenvalue weighted by Gasteiger charge is -2.10. The van der Waals surface area contributed by atoms with Gasteiger partial charge in [0.2, 0.25) is 0 Å². The molecule has 0 aliphatic carbocycles. The third kappa shape index (κ3) is 11.0. The van der Waals surface area contributed by atoms with Gasteiger partial charge >= 0.3 is 0 Å². The molecule has 1 aliphatic heterocycles. The fraction of sp³-hybridized carbons (Fsp3) is 1.00. The van der Waals surface area contributed by atoms with E-state index in [-0.39, 0.29) is 12.4 Å². The first-order chi connectivity index (χ1) is 4.41. The number of rotatable bonds is 0. The predicted octanol–water partition coefficient (Wildman–Crippen LogP) is -0.136. The molecule has 1 rings (SSSR count). The Morgan fingerprint density at radius 3 is 1.70 bits per heavy atom. The summed E-state index contributed by atoms with van der Waals surface area (Å²) in [4.78, 5) is 0. The van der Waals surface area contributed by atoms with Crippen LogP contribution < -0.4 is 10.6 Å². The summed E-state index contributed by atoms with van der Waals surface area (Å²) in [7, 11) is 3.75. The van der Waals surface area contributed by atoms with Gasteiger partial charge in [0.25, 0.3) is 0 Å². The molecule has 0 aromatic carbocycles. The highest BCUT2D eigenvalue weighted by Crippen LogP contribution is 1.76. The number of morpholine rings is 1. The highest BCUT2D eigenvalue weighted by Gasteiger charge is 1.92. The van der Waals surface area contributed by atoms with Gasteiger partial charge in [0, 0.05) is 13.1 Å². The largest absolute Gasteiger partial charge is 0.379 e. The Balaban J connectivity index is 0. The predicted molar refractivity (Wildman–Crippen MR) is 45.9 cm³/mol. The number of hydrogen-bond donors (Lipinski definition) is 2. The van der Waals surface area contributed by atoms with E-state index in [1.807, 2.05) is 14.1 Å². The molecule has 1 saturated heterocycles. The highest BCUT2D eigenvalue weighted by molar-refractivity contribution is 5.85. The second-order valence-corrected chi connectivity index (χ2v) is 1.86. The molecule has 0 bridgehead atoms. The molecule has 10 heavy (non-hydrogen) atoms. The summed E-state index contributed by atoms with van der Waals surface area (Å²) in [6, 6.07) is 0. The van der Waals surface area contributed by atoms with Crippen LogP contribution in [-0.4, -0.2) is 40.4 Å². The first kappa shape index (κ1) is 12.8. The SMILES string of the molecule is C1COCCN1.CNC.Cl. The van der Waals surface area contributed by atoms with Gasteiger partial charge in [-0.05, 0) is 14.1 Å². The molecule has 3 nitrogen and oxygen atoms in total. The minimum Gasteiger partial charge on any atom is -0.379 e. The summed E-state index contributed by atoms with van der Waals surface area (Å²) in [5.74, 6) is 0. The van der Waals surface area contributed by atoms with Crippen molar-refractivity contribution >= 4 is 12.4 Å². The quantitative estimate of drug-likeness (QED) is 0.529. The maximum absolute atomic E-state index is 5.01. The van der Waals surface area contributed by atoms with Crippen molar-refractivity contribution in [1.29, 1.82) is 0 Å². The number of hydrogen-bond acceptors (Lipinski definition) is 3. The van der Waals surface area contributed by atoms with Gasteiger partial charge in [0.15, 0.2) is 0 Å². The molecular formula is C6H17ClN2O. The molecule has 1 heterocycles. The smallest absolute Gasteiger partial charge is 0.0591 e. The Hall–Kier alpha value is 0.170. The zero-order valence-electron chi connectivity index (χ0n) is 6.64. The number of halogens is 1. The Bertz CT molecular complexity index is 39.5. The van der Waals surface area contributed by atoms with Crippen LogP contribution in [0.15, 0.2) is 0 Å². The molecule has 0 atom stereocenters. The summed E-state index contributed by atoms with van der Waals surface area (Å²) >= 11 is 0. The molecule has 0 amide bonds. The third-order valence-corrected chi connectivity index (χ3v) is 0.846. The van der Waals surface area contributed by atoms with E-state index < -0.39 is 0 Å². The van der Waals surface area contributed by atoms with Crippen molar-refractivity contribution in [3.8, 4) is 0 Å². The average Bonchev–Trinajstić information content (AvgIpc) is 1.93. The van der Waals surface area contributed by atoms with E-state index in [0.717, 1.165) is 26.3 Å². The van der Waals surface area contributed by atoms with E-state index in [9.17, 15) is 0 Å². The van der Waals surface area contributed by atoms with Gasteiger partial charge < -0.3 is 15.4 Å². The highest BCUT2D eigenvalue weighted by atomic mass is 35.5. The van der Waals surface area contributed by atoms with Gasteiger partial charge in [-0.15, -0.1) is 12.4 Å². The molecule has 0 spiro atoms. The summed E-state index contributed by atoms with van der Waals surface area (Å²) in [6.45, 7) is 3.83. The number of ether oxygens (including phenoxy) is 1. The Labute approximate surface area is 68.9 Å². The van der Waals surface area contributed by atoms with Gasteiger partial charge in [-0.3, -0.25) is 0 Å². The summed E-state index contributed by atoms with van der Waals surface area (Å²) < 4.78 is 5.01. The van der Waals surface area contributed by atoms with Crippen molar-refractivity contribution in [1.82, 2.24) is 10.6 Å². The standard InChI is InChI=1S/C4H9NO.C2H7N.ClH/c1-3-6-4-2-5-1;1-3-2;/h5H,1-4H2;3H,1-2H3;1H. The van der Waals surface area contributed by atoms with Crippen molar-refractivity contribution in [2.75, 3.05) is 40.4 Å². The van der Waals surface area contributed by atoms with Crippen LogP contribution in [0.3, 0.4) is 0 Å². The Morgan fingerprint density at radius 2 is 1.60 bits per heavy atom. The van der Waals surface area contributed by atoms with Gasteiger partial charge in [-0.1, -0.05) is 0 Å². The first-order valence-corrected chi connectivity index (χ1v) is 3.28. The minimum atomic E-state index is 0. The summed E-state index contributed by atoms with van der Waals surface area (Å²) in [6.07, 6.45) is 0. The number of nitrogens with one attached hydrogen (secondary N) is 2. The zero-order chi connectivity index (χ0) is 6.95. The lowest BCUT2D eigenvalue weighted by Crippen LogP contribution is -2.30. The molecule has 1 aliphatic rings. The van der Waals surface area contributed by atoms with E-state index >= 15 is 0 Å². The fourth-order valence-electron chi connectivity index (χ4n) is 0.516. The molecule has 0 radical (unpaired) electrons. The van der Waals surface area contributed by atoms with Crippen LogP contribution in [0.2, 0.25) is 0 Å². The summed E-state index contributed by atoms with van der Waals surface area (Å²) in [5, 5.41) is 5.91. The molecular weight excluding hydrogens is 152 g/mol. The third-order valence-electron chi connectivity index (χ3n) is 0.846. The van der Waals surface area contributed by atoms with Crippen molar-refractivity contribution in [2.45, 2.75) is 0 Å². The van der Waals surface area contributed by atoms with Gasteiger partial charge in [-0.25, -0.2) is 0 Å². The molecule has 0 aromatic heterocycles. The lowest BCUT2D eigenvalue weighted by molar-refractivity contribution is 0.109. The van der Waals surface area contributed by atoms with Crippen LogP contribution in [0.25, 0.3) is 0 Å². The molecule has 0 saturated carbocycles. The molecule has 0 unspecified atom stereocenters. The Kier molecular flexibility index (Phi) is 15.3. The van der Waals surface area contributed by atoms with E-state index in [2.05, 4.69) is 10.6 Å². The fourth-order valence-corrected chi connectivity index (χ4v) is 0.516. The van der Waals surface area contributed by atoms with E-state index in [1.54, 1.807) is 0 Å². The van der Waals surface area contributed by atoms with Crippen LogP contribution >= 0.6 is 12.4 Å². The summed E-state index contributed by atoms with van der Waals surface area (Å²) in [5.41, 5.74) is 0. The Morgan fingerprint density at radius 1 is 1.20 bits per heavy atom.